The summed E-state index contributed by atoms with van der Waals surface area (Å²) in [6.45, 7) is 3.59. The van der Waals surface area contributed by atoms with Gasteiger partial charge in [-0.3, -0.25) is 9.69 Å². The minimum Gasteiger partial charge on any atom is -0.497 e. The van der Waals surface area contributed by atoms with Crippen LogP contribution in [0.25, 0.3) is 22.3 Å². The molecule has 9 heteroatoms. The van der Waals surface area contributed by atoms with Gasteiger partial charge in [-0.1, -0.05) is 24.2 Å². The first-order valence-electron chi connectivity index (χ1n) is 9.86. The molecule has 0 aliphatic heterocycles. The summed E-state index contributed by atoms with van der Waals surface area (Å²) in [4.78, 5) is 26.3. The van der Waals surface area contributed by atoms with E-state index < -0.39 is 0 Å². The fraction of sp³-hybridized carbons (Fsp3) is 0.273. The maximum atomic E-state index is 12.3. The van der Waals surface area contributed by atoms with Gasteiger partial charge in [-0.25, -0.2) is 4.98 Å². The molecule has 2 heterocycles. The summed E-state index contributed by atoms with van der Waals surface area (Å²) in [6, 6.07) is 12.7. The summed E-state index contributed by atoms with van der Waals surface area (Å²) in [5.41, 5.74) is 1.23. The first-order chi connectivity index (χ1) is 15.1. The van der Waals surface area contributed by atoms with Crippen LogP contribution in [0, 0.1) is 0 Å². The van der Waals surface area contributed by atoms with Crippen LogP contribution in [0.1, 0.15) is 18.6 Å². The highest BCUT2D eigenvalue weighted by Crippen LogP contribution is 2.31. The highest BCUT2D eigenvalue weighted by atomic mass is 16.5. The van der Waals surface area contributed by atoms with E-state index in [1.807, 2.05) is 37.3 Å². The monoisotopic (exact) mass is 421 g/mol. The number of H-pyrrole nitrogens is 1. The second kappa shape index (κ2) is 8.97. The summed E-state index contributed by atoms with van der Waals surface area (Å²) in [5, 5.41) is 4.67. The topological polar surface area (TPSA) is 106 Å². The normalized spacial score (nSPS) is 11.2. The Kier molecular flexibility index (Phi) is 5.94. The third-order valence-corrected chi connectivity index (χ3v) is 4.96. The molecule has 9 nitrogen and oxygen atoms in total. The first-order valence-corrected chi connectivity index (χ1v) is 9.86. The Morgan fingerprint density at radius 1 is 1.06 bits per heavy atom. The molecule has 2 aromatic heterocycles. The van der Waals surface area contributed by atoms with Crippen molar-refractivity contribution >= 4 is 10.9 Å². The number of nitrogens with one attached hydrogen (secondary N) is 1. The van der Waals surface area contributed by atoms with Crippen LogP contribution in [-0.4, -0.2) is 45.8 Å². The second-order valence-electron chi connectivity index (χ2n) is 6.91. The molecule has 2 aromatic carbocycles. The smallest absolute Gasteiger partial charge is 0.258 e. The quantitative estimate of drug-likeness (QED) is 0.463. The summed E-state index contributed by atoms with van der Waals surface area (Å²) >= 11 is 0. The van der Waals surface area contributed by atoms with Crippen LogP contribution in [-0.2, 0) is 13.1 Å². The zero-order valence-corrected chi connectivity index (χ0v) is 17.6. The van der Waals surface area contributed by atoms with Crippen LogP contribution >= 0.6 is 0 Å². The zero-order chi connectivity index (χ0) is 21.8. The van der Waals surface area contributed by atoms with Gasteiger partial charge in [0, 0.05) is 6.07 Å². The predicted octanol–water partition coefficient (Wildman–Crippen LogP) is 3.01. The lowest BCUT2D eigenvalue weighted by molar-refractivity contribution is 0.224. The molecule has 0 spiro atoms. The van der Waals surface area contributed by atoms with E-state index in [2.05, 4.69) is 25.0 Å². The molecule has 1 N–H and O–H groups in total. The van der Waals surface area contributed by atoms with Crippen LogP contribution < -0.4 is 15.0 Å². The van der Waals surface area contributed by atoms with Crippen molar-refractivity contribution in [2.75, 3.05) is 20.8 Å². The molecular formula is C22H23N5O4. The molecule has 0 aliphatic rings. The number of nitrogens with zero attached hydrogens (tertiary/aromatic N) is 4. The Morgan fingerprint density at radius 2 is 1.90 bits per heavy atom. The molecule has 0 radical (unpaired) electrons. The van der Waals surface area contributed by atoms with Crippen molar-refractivity contribution in [3.63, 3.8) is 0 Å². The lowest BCUT2D eigenvalue weighted by Gasteiger charge is -2.17. The molecule has 0 aliphatic carbocycles. The van der Waals surface area contributed by atoms with E-state index in [0.29, 0.717) is 65.1 Å². The highest BCUT2D eigenvalue weighted by molar-refractivity contribution is 5.77. The van der Waals surface area contributed by atoms with Crippen molar-refractivity contribution in [2.45, 2.75) is 20.0 Å². The van der Waals surface area contributed by atoms with Gasteiger partial charge in [-0.15, -0.1) is 0 Å². The third kappa shape index (κ3) is 4.41. The maximum Gasteiger partial charge on any atom is 0.258 e. The number of methoxy groups -OCH3 is 2. The summed E-state index contributed by atoms with van der Waals surface area (Å²) in [6.07, 6.45) is 0. The standard InChI is InChI=1S/C22H23N5O4/c1-4-27(12-19-23-17-8-6-5-7-15(17)22(28)24-19)13-20-25-21(26-31-20)16-10-9-14(29-2)11-18(16)30-3/h5-11H,4,12-13H2,1-3H3,(H,23,24,28). The van der Waals surface area contributed by atoms with Gasteiger partial charge in [-0.2, -0.15) is 4.98 Å². The molecule has 0 saturated carbocycles. The molecule has 0 atom stereocenters. The Bertz CT molecular complexity index is 1250. The average Bonchev–Trinajstić information content (AvgIpc) is 3.26. The van der Waals surface area contributed by atoms with Gasteiger partial charge in [0.1, 0.15) is 17.3 Å². The van der Waals surface area contributed by atoms with Gasteiger partial charge in [0.15, 0.2) is 0 Å². The van der Waals surface area contributed by atoms with Crippen LogP contribution in [0.4, 0.5) is 0 Å². The third-order valence-electron chi connectivity index (χ3n) is 4.96. The maximum absolute atomic E-state index is 12.3. The van der Waals surface area contributed by atoms with Gasteiger partial charge < -0.3 is 19.0 Å². The molecule has 0 unspecified atom stereocenters. The van der Waals surface area contributed by atoms with E-state index in [1.54, 1.807) is 26.4 Å². The summed E-state index contributed by atoms with van der Waals surface area (Å²) < 4.78 is 16.1. The molecule has 0 bridgehead atoms. The number of para-hydroxylation sites is 1. The fourth-order valence-corrected chi connectivity index (χ4v) is 3.30. The molecule has 160 valence electrons. The Hall–Kier alpha value is -3.72. The second-order valence-corrected chi connectivity index (χ2v) is 6.91. The van der Waals surface area contributed by atoms with Crippen molar-refractivity contribution in [3.8, 4) is 22.9 Å². The van der Waals surface area contributed by atoms with Crippen molar-refractivity contribution in [3.05, 3.63) is 64.5 Å². The molecule has 4 aromatic rings. The minimum absolute atomic E-state index is 0.150. The molecule has 4 rings (SSSR count). The highest BCUT2D eigenvalue weighted by Gasteiger charge is 2.17. The molecule has 0 amide bonds. The van der Waals surface area contributed by atoms with Gasteiger partial charge in [-0.05, 0) is 30.8 Å². The summed E-state index contributed by atoms with van der Waals surface area (Å²) in [7, 11) is 3.17. The van der Waals surface area contributed by atoms with Gasteiger partial charge >= 0.3 is 0 Å². The Morgan fingerprint density at radius 3 is 2.68 bits per heavy atom. The van der Waals surface area contributed by atoms with E-state index >= 15 is 0 Å². The summed E-state index contributed by atoms with van der Waals surface area (Å²) in [5.74, 6) is 2.75. The van der Waals surface area contributed by atoms with Crippen molar-refractivity contribution in [2.24, 2.45) is 0 Å². The number of ether oxygens (including phenoxy) is 2. The number of aromatic amines is 1. The number of fused-ring (bicyclic) bond motifs is 1. The molecular weight excluding hydrogens is 398 g/mol. The van der Waals surface area contributed by atoms with Crippen LogP contribution in [0.5, 0.6) is 11.5 Å². The minimum atomic E-state index is -0.150. The number of aromatic nitrogens is 4. The largest absolute Gasteiger partial charge is 0.497 e. The van der Waals surface area contributed by atoms with Crippen molar-refractivity contribution in [1.82, 2.24) is 25.0 Å². The van der Waals surface area contributed by atoms with E-state index in [1.165, 1.54) is 0 Å². The van der Waals surface area contributed by atoms with Gasteiger partial charge in [0.2, 0.25) is 11.7 Å². The van der Waals surface area contributed by atoms with E-state index in [0.717, 1.165) is 0 Å². The molecule has 0 fully saturated rings. The average molecular weight is 421 g/mol. The van der Waals surface area contributed by atoms with Crippen LogP contribution in [0.3, 0.4) is 0 Å². The van der Waals surface area contributed by atoms with E-state index in [-0.39, 0.29) is 5.56 Å². The van der Waals surface area contributed by atoms with Crippen molar-refractivity contribution < 1.29 is 14.0 Å². The Labute approximate surface area is 178 Å². The SMILES string of the molecule is CCN(Cc1nc2ccccc2c(=O)[nH]1)Cc1nc(-c2ccc(OC)cc2OC)no1. The fourth-order valence-electron chi connectivity index (χ4n) is 3.30. The lowest BCUT2D eigenvalue weighted by Crippen LogP contribution is -2.25. The zero-order valence-electron chi connectivity index (χ0n) is 17.6. The lowest BCUT2D eigenvalue weighted by atomic mass is 10.2. The number of rotatable bonds is 8. The van der Waals surface area contributed by atoms with E-state index in [9.17, 15) is 4.79 Å². The first kappa shape index (κ1) is 20.5. The predicted molar refractivity (Wildman–Crippen MR) is 115 cm³/mol. The van der Waals surface area contributed by atoms with E-state index in [4.69, 9.17) is 14.0 Å². The number of hydrogen-bond donors (Lipinski definition) is 1. The molecule has 0 saturated heterocycles. The number of hydrogen-bond acceptors (Lipinski definition) is 8. The van der Waals surface area contributed by atoms with Crippen molar-refractivity contribution in [1.29, 1.82) is 0 Å². The van der Waals surface area contributed by atoms with Gasteiger partial charge in [0.05, 0.1) is 43.8 Å². The Balaban J connectivity index is 1.53. The van der Waals surface area contributed by atoms with Crippen LogP contribution in [0.2, 0.25) is 0 Å². The number of benzene rings is 2. The van der Waals surface area contributed by atoms with Crippen LogP contribution in [0.15, 0.2) is 51.8 Å². The van der Waals surface area contributed by atoms with Gasteiger partial charge in [0.25, 0.3) is 5.56 Å². The molecule has 31 heavy (non-hydrogen) atoms.